The Kier molecular flexibility index (Phi) is 4.14. The normalized spacial score (nSPS) is 13.6. The Balaban J connectivity index is 1.13. The van der Waals surface area contributed by atoms with Crippen LogP contribution >= 0.6 is 0 Å². The predicted octanol–water partition coefficient (Wildman–Crippen LogP) is 10.8. The van der Waals surface area contributed by atoms with E-state index in [0.29, 0.717) is 0 Å². The third-order valence-corrected chi connectivity index (χ3v) is 13.3. The van der Waals surface area contributed by atoms with E-state index in [4.69, 9.17) is 0 Å². The van der Waals surface area contributed by atoms with Crippen molar-refractivity contribution in [3.63, 3.8) is 0 Å². The molecular formula is C50H25BN2. The van der Waals surface area contributed by atoms with Crippen LogP contribution in [0.3, 0.4) is 0 Å². The van der Waals surface area contributed by atoms with Crippen molar-refractivity contribution in [2.75, 3.05) is 0 Å². The van der Waals surface area contributed by atoms with Gasteiger partial charge in [-0.2, -0.15) is 0 Å². The van der Waals surface area contributed by atoms with Gasteiger partial charge in [0.05, 0.1) is 11.0 Å². The molecular weight excluding hydrogens is 639 g/mol. The largest absolute Gasteiger partial charge is 0.310 e. The van der Waals surface area contributed by atoms with Gasteiger partial charge in [-0.3, -0.25) is 0 Å². The number of para-hydroxylation sites is 2. The van der Waals surface area contributed by atoms with Gasteiger partial charge in [-0.15, -0.1) is 0 Å². The van der Waals surface area contributed by atoms with Crippen molar-refractivity contribution < 1.29 is 0 Å². The van der Waals surface area contributed by atoms with Gasteiger partial charge in [0.15, 0.2) is 0 Å². The summed E-state index contributed by atoms with van der Waals surface area (Å²) in [4.78, 5) is 0. The molecule has 0 N–H and O–H groups in total. The van der Waals surface area contributed by atoms with Crippen molar-refractivity contribution in [2.24, 2.45) is 0 Å². The summed E-state index contributed by atoms with van der Waals surface area (Å²) in [5.74, 6) is 0. The Hall–Kier alpha value is -6.84. The topological polar surface area (TPSA) is 9.86 Å². The van der Waals surface area contributed by atoms with E-state index in [9.17, 15) is 0 Å². The number of rotatable bonds is 0. The van der Waals surface area contributed by atoms with Gasteiger partial charge in [0.1, 0.15) is 0 Å². The molecule has 2 aliphatic heterocycles. The van der Waals surface area contributed by atoms with Crippen LogP contribution in [0, 0.1) is 0 Å². The van der Waals surface area contributed by atoms with E-state index >= 15 is 0 Å². The average Bonchev–Trinajstić information content (AvgIpc) is 3.73. The summed E-state index contributed by atoms with van der Waals surface area (Å²) in [6.45, 7) is 0.129. The lowest BCUT2D eigenvalue weighted by molar-refractivity contribution is 1.14. The fourth-order valence-electron chi connectivity index (χ4n) is 11.4. The van der Waals surface area contributed by atoms with Crippen LogP contribution in [0.2, 0.25) is 0 Å². The summed E-state index contributed by atoms with van der Waals surface area (Å²) in [6, 6.07) is 58.2. The van der Waals surface area contributed by atoms with Gasteiger partial charge < -0.3 is 9.13 Å². The molecule has 0 saturated heterocycles. The zero-order valence-electron chi connectivity index (χ0n) is 28.4. The number of nitrogens with zero attached hydrogens (tertiary/aromatic N) is 2. The summed E-state index contributed by atoms with van der Waals surface area (Å²) in [5.41, 5.74) is 12.0. The molecule has 0 bridgehead atoms. The van der Waals surface area contributed by atoms with Gasteiger partial charge in [0, 0.05) is 44.0 Å². The molecule has 15 rings (SSSR count). The average molecular weight is 665 g/mol. The van der Waals surface area contributed by atoms with Crippen molar-refractivity contribution in [2.45, 2.75) is 0 Å². The first-order chi connectivity index (χ1) is 26.3. The van der Waals surface area contributed by atoms with Crippen LogP contribution in [0.4, 0.5) is 0 Å². The minimum Gasteiger partial charge on any atom is -0.310 e. The van der Waals surface area contributed by atoms with Gasteiger partial charge in [0.25, 0.3) is 6.71 Å². The number of hydrogen-bond acceptors (Lipinski definition) is 0. The van der Waals surface area contributed by atoms with E-state index in [0.717, 1.165) is 0 Å². The Morgan fingerprint density at radius 3 is 1.23 bits per heavy atom. The summed E-state index contributed by atoms with van der Waals surface area (Å²) in [5, 5.41) is 21.4. The lowest BCUT2D eigenvalue weighted by Gasteiger charge is -2.33. The lowest BCUT2D eigenvalue weighted by atomic mass is 9.34. The molecule has 2 nitrogen and oxygen atoms in total. The molecule has 238 valence electrons. The molecule has 0 fully saturated rings. The standard InChI is InChI=1S/C50H25BN2/c1-6-26-16-18-30-24-40-46(32-22-20-28(8-1)42(26)44(30)32)34-10-3-12-36-49(34)52(40)38-14-5-15-39-48(38)51(36)37-13-4-11-35-47-33-23-21-29-9-2-7-27-17-19-31(45(33)43(27)29)25-41(47)53(39)50(35)37/h1-25H. The van der Waals surface area contributed by atoms with Crippen LogP contribution in [-0.4, -0.2) is 15.8 Å². The predicted molar refractivity (Wildman–Crippen MR) is 227 cm³/mol. The summed E-state index contributed by atoms with van der Waals surface area (Å²) >= 11 is 0. The Morgan fingerprint density at radius 2 is 0.736 bits per heavy atom. The van der Waals surface area contributed by atoms with Crippen LogP contribution in [0.15, 0.2) is 152 Å². The van der Waals surface area contributed by atoms with Crippen molar-refractivity contribution in [1.82, 2.24) is 9.13 Å². The number of aromatic nitrogens is 2. The van der Waals surface area contributed by atoms with Crippen molar-refractivity contribution in [1.29, 1.82) is 0 Å². The monoisotopic (exact) mass is 664 g/mol. The molecule has 0 amide bonds. The molecule has 3 heteroatoms. The van der Waals surface area contributed by atoms with E-state index in [-0.39, 0.29) is 6.71 Å². The molecule has 4 heterocycles. The highest BCUT2D eigenvalue weighted by Gasteiger charge is 2.41. The summed E-state index contributed by atoms with van der Waals surface area (Å²) < 4.78 is 5.21. The fourth-order valence-corrected chi connectivity index (χ4v) is 11.4. The lowest BCUT2D eigenvalue weighted by Crippen LogP contribution is -2.59. The second kappa shape index (κ2) is 8.44. The minimum absolute atomic E-state index is 0.129. The zero-order valence-corrected chi connectivity index (χ0v) is 28.4. The second-order valence-corrected chi connectivity index (χ2v) is 15.6. The van der Waals surface area contributed by atoms with Gasteiger partial charge in [-0.25, -0.2) is 0 Å². The molecule has 2 aromatic heterocycles. The molecule has 0 unspecified atom stereocenters. The SMILES string of the molecule is c1cc2c3c(c1)-n1c4cc5ccc6cccc7ccc(c5c67)c4c4cccc(c41)B3c1cccc3c4c5ccc6cccc7ccc(cc4n-2c13)c5c76. The zero-order chi connectivity index (χ0) is 33.8. The van der Waals surface area contributed by atoms with Crippen LogP contribution in [0.25, 0.3) is 120 Å². The maximum Gasteiger partial charge on any atom is 0.252 e. The highest BCUT2D eigenvalue weighted by atomic mass is 15.0. The number of benzene rings is 11. The van der Waals surface area contributed by atoms with Gasteiger partial charge >= 0.3 is 0 Å². The number of hydrogen-bond donors (Lipinski definition) is 0. The van der Waals surface area contributed by atoms with Crippen LogP contribution in [-0.2, 0) is 0 Å². The Bertz CT molecular complexity index is 3580. The van der Waals surface area contributed by atoms with Crippen molar-refractivity contribution >= 4 is 131 Å². The summed E-state index contributed by atoms with van der Waals surface area (Å²) in [7, 11) is 0. The molecule has 0 saturated carbocycles. The van der Waals surface area contributed by atoms with Crippen molar-refractivity contribution in [3.8, 4) is 11.4 Å². The molecule has 11 aromatic carbocycles. The Labute approximate surface area is 302 Å². The molecule has 2 aliphatic rings. The number of fused-ring (bicyclic) bond motifs is 12. The van der Waals surface area contributed by atoms with Crippen LogP contribution in [0.5, 0.6) is 0 Å². The van der Waals surface area contributed by atoms with E-state index < -0.39 is 0 Å². The molecule has 13 aromatic rings. The van der Waals surface area contributed by atoms with Gasteiger partial charge in [-0.1, -0.05) is 127 Å². The van der Waals surface area contributed by atoms with E-state index in [1.54, 1.807) is 0 Å². The second-order valence-electron chi connectivity index (χ2n) is 15.6. The third kappa shape index (κ3) is 2.74. The molecule has 0 atom stereocenters. The minimum atomic E-state index is 0.129. The maximum absolute atomic E-state index is 2.61. The first-order valence-electron chi connectivity index (χ1n) is 18.7. The first-order valence-corrected chi connectivity index (χ1v) is 18.7. The van der Waals surface area contributed by atoms with Crippen molar-refractivity contribution in [3.05, 3.63) is 152 Å². The fraction of sp³-hybridized carbons (Fsp3) is 0. The van der Waals surface area contributed by atoms with E-state index in [1.807, 2.05) is 0 Å². The maximum atomic E-state index is 2.61. The molecule has 0 aliphatic carbocycles. The van der Waals surface area contributed by atoms with Crippen LogP contribution in [0.1, 0.15) is 0 Å². The molecule has 0 radical (unpaired) electrons. The Morgan fingerprint density at radius 1 is 0.321 bits per heavy atom. The van der Waals surface area contributed by atoms with Crippen LogP contribution < -0.4 is 16.4 Å². The smallest absolute Gasteiger partial charge is 0.252 e. The summed E-state index contributed by atoms with van der Waals surface area (Å²) in [6.07, 6.45) is 0. The quantitative estimate of drug-likeness (QED) is 0.113. The highest BCUT2D eigenvalue weighted by molar-refractivity contribution is 7.00. The third-order valence-electron chi connectivity index (χ3n) is 13.3. The highest BCUT2D eigenvalue weighted by Crippen LogP contribution is 2.46. The first kappa shape index (κ1) is 26.0. The molecule has 53 heavy (non-hydrogen) atoms. The van der Waals surface area contributed by atoms with E-state index in [1.165, 1.54) is 136 Å². The van der Waals surface area contributed by atoms with Gasteiger partial charge in [0.2, 0.25) is 0 Å². The van der Waals surface area contributed by atoms with Gasteiger partial charge in [-0.05, 0) is 105 Å². The van der Waals surface area contributed by atoms with E-state index in [2.05, 4.69) is 161 Å². The molecule has 0 spiro atoms.